The molecule has 1 aliphatic rings. The lowest BCUT2D eigenvalue weighted by molar-refractivity contribution is -0.892. The summed E-state index contributed by atoms with van der Waals surface area (Å²) in [6.07, 6.45) is 0. The Morgan fingerprint density at radius 2 is 1.82 bits per heavy atom. The second-order valence-electron chi connectivity index (χ2n) is 6.49. The maximum Gasteiger partial charge on any atom is 0.275 e. The van der Waals surface area contributed by atoms with Crippen LogP contribution in [0.2, 0.25) is 0 Å². The second-order valence-corrected chi connectivity index (χ2v) is 6.49. The Labute approximate surface area is 132 Å². The van der Waals surface area contributed by atoms with Gasteiger partial charge in [0.15, 0.2) is 6.54 Å². The molecule has 2 rings (SSSR count). The van der Waals surface area contributed by atoms with Gasteiger partial charge in [-0.05, 0) is 37.1 Å². The topological polar surface area (TPSA) is 36.8 Å². The Kier molecular flexibility index (Phi) is 5.77. The summed E-state index contributed by atoms with van der Waals surface area (Å²) in [6.45, 7) is 10.5. The van der Waals surface area contributed by atoms with Gasteiger partial charge in [-0.2, -0.15) is 0 Å². The quantitative estimate of drug-likeness (QED) is 0.840. The Bertz CT molecular complexity index is 481. The molecule has 1 aromatic rings. The van der Waals surface area contributed by atoms with Crippen molar-refractivity contribution in [1.29, 1.82) is 0 Å². The van der Waals surface area contributed by atoms with Crippen LogP contribution in [-0.2, 0) is 4.79 Å². The molecule has 0 aromatic heterocycles. The van der Waals surface area contributed by atoms with E-state index in [0.29, 0.717) is 12.5 Å². The van der Waals surface area contributed by atoms with Gasteiger partial charge in [-0.25, -0.2) is 4.39 Å². The molecule has 5 heteroatoms. The number of amides is 1. The summed E-state index contributed by atoms with van der Waals surface area (Å²) in [5.41, 5.74) is 1.05. The van der Waals surface area contributed by atoms with Gasteiger partial charge in [-0.1, -0.05) is 13.8 Å². The van der Waals surface area contributed by atoms with Gasteiger partial charge in [0.25, 0.3) is 5.91 Å². The number of anilines is 1. The molecule has 4 nitrogen and oxygen atoms in total. The number of hydrogen-bond donors (Lipinski definition) is 2. The van der Waals surface area contributed by atoms with Crippen molar-refractivity contribution in [1.82, 2.24) is 5.32 Å². The Morgan fingerprint density at radius 1 is 1.23 bits per heavy atom. The molecule has 1 fully saturated rings. The van der Waals surface area contributed by atoms with E-state index >= 15 is 0 Å². The smallest absolute Gasteiger partial charge is 0.275 e. The lowest BCUT2D eigenvalue weighted by atomic mass is 10.1. The number of benzene rings is 1. The van der Waals surface area contributed by atoms with Gasteiger partial charge in [-0.15, -0.1) is 0 Å². The van der Waals surface area contributed by atoms with Crippen molar-refractivity contribution >= 4 is 11.6 Å². The van der Waals surface area contributed by atoms with E-state index in [1.807, 2.05) is 19.1 Å². The van der Waals surface area contributed by atoms with Crippen LogP contribution in [0.3, 0.4) is 0 Å². The van der Waals surface area contributed by atoms with Crippen LogP contribution in [-0.4, -0.2) is 44.7 Å². The van der Waals surface area contributed by atoms with Gasteiger partial charge >= 0.3 is 0 Å². The number of quaternary nitrogens is 1. The van der Waals surface area contributed by atoms with E-state index in [1.54, 1.807) is 0 Å². The molecule has 0 saturated carbocycles. The molecule has 1 saturated heterocycles. The van der Waals surface area contributed by atoms with Crippen molar-refractivity contribution in [3.8, 4) is 0 Å². The van der Waals surface area contributed by atoms with Crippen LogP contribution >= 0.6 is 0 Å². The zero-order valence-electron chi connectivity index (χ0n) is 13.7. The van der Waals surface area contributed by atoms with E-state index in [-0.39, 0.29) is 17.8 Å². The molecule has 0 spiro atoms. The van der Waals surface area contributed by atoms with Crippen molar-refractivity contribution in [2.24, 2.45) is 5.92 Å². The molecule has 1 atom stereocenters. The molecule has 0 aliphatic carbocycles. The van der Waals surface area contributed by atoms with E-state index < -0.39 is 0 Å². The fraction of sp³-hybridized carbons (Fsp3) is 0.588. The SMILES string of the molecule is CC(C)[C@@H](C)NC(=O)C[NH+]1CCN(c2ccc(F)cc2)CC1. The van der Waals surface area contributed by atoms with Crippen molar-refractivity contribution in [2.75, 3.05) is 37.6 Å². The third-order valence-corrected chi connectivity index (χ3v) is 4.46. The molecule has 1 heterocycles. The van der Waals surface area contributed by atoms with Gasteiger partial charge in [0.05, 0.1) is 26.2 Å². The van der Waals surface area contributed by atoms with Crippen LogP contribution in [0.25, 0.3) is 0 Å². The van der Waals surface area contributed by atoms with Crippen molar-refractivity contribution < 1.29 is 14.1 Å². The van der Waals surface area contributed by atoms with Gasteiger partial charge < -0.3 is 15.1 Å². The molecule has 0 radical (unpaired) electrons. The zero-order valence-corrected chi connectivity index (χ0v) is 13.7. The van der Waals surface area contributed by atoms with Crippen LogP contribution in [0.4, 0.5) is 10.1 Å². The normalized spacial score (nSPS) is 17.6. The van der Waals surface area contributed by atoms with Gasteiger partial charge in [0, 0.05) is 11.7 Å². The molecule has 0 bridgehead atoms. The Balaban J connectivity index is 1.77. The highest BCUT2D eigenvalue weighted by Crippen LogP contribution is 2.14. The number of rotatable bonds is 5. The van der Waals surface area contributed by atoms with E-state index in [2.05, 4.69) is 24.1 Å². The first kappa shape index (κ1) is 16.7. The number of hydrogen-bond acceptors (Lipinski definition) is 2. The number of carbonyl (C=O) groups excluding carboxylic acids is 1. The predicted molar refractivity (Wildman–Crippen MR) is 86.6 cm³/mol. The van der Waals surface area contributed by atoms with Gasteiger partial charge in [0.2, 0.25) is 0 Å². The van der Waals surface area contributed by atoms with Crippen molar-refractivity contribution in [3.63, 3.8) is 0 Å². The van der Waals surface area contributed by atoms with E-state index in [4.69, 9.17) is 0 Å². The maximum absolute atomic E-state index is 13.0. The summed E-state index contributed by atoms with van der Waals surface area (Å²) in [5.74, 6) is 0.379. The maximum atomic E-state index is 13.0. The highest BCUT2D eigenvalue weighted by Gasteiger charge is 2.23. The van der Waals surface area contributed by atoms with Crippen molar-refractivity contribution in [2.45, 2.75) is 26.8 Å². The Hall–Kier alpha value is -1.62. The predicted octanol–water partition coefficient (Wildman–Crippen LogP) is 0.691. The van der Waals surface area contributed by atoms with E-state index in [1.165, 1.54) is 17.0 Å². The molecule has 22 heavy (non-hydrogen) atoms. The summed E-state index contributed by atoms with van der Waals surface area (Å²) >= 11 is 0. The molecule has 1 aliphatic heterocycles. The summed E-state index contributed by atoms with van der Waals surface area (Å²) in [4.78, 5) is 15.6. The number of nitrogens with zero attached hydrogens (tertiary/aromatic N) is 1. The summed E-state index contributed by atoms with van der Waals surface area (Å²) < 4.78 is 13.0. The largest absolute Gasteiger partial charge is 0.360 e. The van der Waals surface area contributed by atoms with Crippen LogP contribution in [0, 0.1) is 11.7 Å². The van der Waals surface area contributed by atoms with Crippen LogP contribution in [0.15, 0.2) is 24.3 Å². The standard InChI is InChI=1S/C17H26FN3O/c1-13(2)14(3)19-17(22)12-20-8-10-21(11-9-20)16-6-4-15(18)5-7-16/h4-7,13-14H,8-12H2,1-3H3,(H,19,22)/p+1/t14-/m1/s1. The average molecular weight is 308 g/mol. The molecule has 1 aromatic carbocycles. The van der Waals surface area contributed by atoms with E-state index in [0.717, 1.165) is 31.9 Å². The monoisotopic (exact) mass is 308 g/mol. The minimum atomic E-state index is -0.205. The summed E-state index contributed by atoms with van der Waals surface area (Å²) in [7, 11) is 0. The minimum absolute atomic E-state index is 0.131. The number of piperazine rings is 1. The number of carbonyl (C=O) groups is 1. The first-order valence-electron chi connectivity index (χ1n) is 8.09. The first-order chi connectivity index (χ1) is 10.5. The minimum Gasteiger partial charge on any atom is -0.360 e. The third kappa shape index (κ3) is 4.70. The number of nitrogens with one attached hydrogen (secondary N) is 2. The lowest BCUT2D eigenvalue weighted by Crippen LogP contribution is -3.16. The number of halogens is 1. The van der Waals surface area contributed by atoms with Gasteiger partial charge in [-0.3, -0.25) is 4.79 Å². The first-order valence-corrected chi connectivity index (χ1v) is 8.09. The average Bonchev–Trinajstić information content (AvgIpc) is 2.48. The lowest BCUT2D eigenvalue weighted by Gasteiger charge is -2.33. The van der Waals surface area contributed by atoms with E-state index in [9.17, 15) is 9.18 Å². The Morgan fingerprint density at radius 3 is 2.36 bits per heavy atom. The van der Waals surface area contributed by atoms with Crippen LogP contribution < -0.4 is 15.1 Å². The third-order valence-electron chi connectivity index (χ3n) is 4.46. The summed E-state index contributed by atoms with van der Waals surface area (Å²) in [6, 6.07) is 6.84. The summed E-state index contributed by atoms with van der Waals surface area (Å²) in [5, 5.41) is 3.06. The molecular weight excluding hydrogens is 281 g/mol. The second kappa shape index (κ2) is 7.58. The molecule has 2 N–H and O–H groups in total. The molecular formula is C17H27FN3O+. The van der Waals surface area contributed by atoms with Gasteiger partial charge in [0.1, 0.15) is 5.82 Å². The van der Waals surface area contributed by atoms with Crippen LogP contribution in [0.5, 0.6) is 0 Å². The van der Waals surface area contributed by atoms with Crippen LogP contribution in [0.1, 0.15) is 20.8 Å². The van der Waals surface area contributed by atoms with Crippen molar-refractivity contribution in [3.05, 3.63) is 30.1 Å². The zero-order chi connectivity index (χ0) is 16.1. The highest BCUT2D eigenvalue weighted by molar-refractivity contribution is 5.77. The fourth-order valence-corrected chi connectivity index (χ4v) is 2.61. The fourth-order valence-electron chi connectivity index (χ4n) is 2.61. The molecule has 0 unspecified atom stereocenters. The highest BCUT2D eigenvalue weighted by atomic mass is 19.1. The molecule has 122 valence electrons. The molecule has 1 amide bonds.